The highest BCUT2D eigenvalue weighted by Crippen LogP contribution is 2.35. The summed E-state index contributed by atoms with van der Waals surface area (Å²) < 4.78 is 1.02. The molecule has 0 bridgehead atoms. The van der Waals surface area contributed by atoms with E-state index >= 15 is 0 Å². The fourth-order valence-electron chi connectivity index (χ4n) is 2.67. The van der Waals surface area contributed by atoms with Gasteiger partial charge in [0.25, 0.3) is 0 Å². The molecule has 1 aromatic carbocycles. The molecule has 1 aliphatic rings. The Balaban J connectivity index is 1.96. The van der Waals surface area contributed by atoms with Crippen molar-refractivity contribution >= 4 is 33.0 Å². The normalized spacial score (nSPS) is 18.4. The van der Waals surface area contributed by atoms with Gasteiger partial charge in [-0.1, -0.05) is 24.3 Å². The highest BCUT2D eigenvalue weighted by Gasteiger charge is 2.27. The Bertz CT molecular complexity index is 588. The molecule has 1 nitrogen and oxygen atoms in total. The second-order valence-electron chi connectivity index (χ2n) is 4.65. The van der Waals surface area contributed by atoms with E-state index in [1.165, 1.54) is 11.1 Å². The first-order chi connectivity index (χ1) is 8.75. The summed E-state index contributed by atoms with van der Waals surface area (Å²) in [6.45, 7) is 0. The van der Waals surface area contributed by atoms with Crippen molar-refractivity contribution in [3.63, 3.8) is 0 Å². The molecule has 3 rings (SSSR count). The number of rotatable bonds is 2. The van der Waals surface area contributed by atoms with Gasteiger partial charge < -0.3 is 0 Å². The molecule has 1 unspecified atom stereocenters. The molecule has 0 fully saturated rings. The number of Topliss-reactive ketones (excluding diaryl/α,β-unsaturated/α-hetero) is 1. The van der Waals surface area contributed by atoms with Gasteiger partial charge >= 0.3 is 0 Å². The van der Waals surface area contributed by atoms with Crippen LogP contribution in [0.2, 0.25) is 0 Å². The molecule has 0 aliphatic heterocycles. The molecule has 92 valence electrons. The molecule has 1 atom stereocenters. The quantitative estimate of drug-likeness (QED) is 0.725. The smallest absolute Gasteiger partial charge is 0.171 e. The van der Waals surface area contributed by atoms with Gasteiger partial charge in [0.05, 0.1) is 3.79 Å². The molecule has 0 radical (unpaired) electrons. The van der Waals surface area contributed by atoms with Gasteiger partial charge in [0.15, 0.2) is 5.78 Å². The monoisotopic (exact) mass is 320 g/mol. The number of ketones is 1. The van der Waals surface area contributed by atoms with Gasteiger partial charge in [-0.15, -0.1) is 11.3 Å². The summed E-state index contributed by atoms with van der Waals surface area (Å²) in [6.07, 6.45) is 3.19. The average molecular weight is 321 g/mol. The minimum absolute atomic E-state index is 0.0523. The van der Waals surface area contributed by atoms with E-state index in [4.69, 9.17) is 0 Å². The van der Waals surface area contributed by atoms with Crippen molar-refractivity contribution in [1.29, 1.82) is 0 Å². The first-order valence-electron chi connectivity index (χ1n) is 6.12. The van der Waals surface area contributed by atoms with Crippen molar-refractivity contribution in [2.75, 3.05) is 0 Å². The number of hydrogen-bond donors (Lipinski definition) is 0. The minimum Gasteiger partial charge on any atom is -0.293 e. The van der Waals surface area contributed by atoms with Gasteiger partial charge in [0.1, 0.15) is 0 Å². The maximum Gasteiger partial charge on any atom is 0.171 e. The van der Waals surface area contributed by atoms with Crippen molar-refractivity contribution in [2.45, 2.75) is 25.2 Å². The molecule has 3 heteroatoms. The number of benzene rings is 1. The molecular formula is C15H13BrOS. The Hall–Kier alpha value is -0.930. The highest BCUT2D eigenvalue weighted by atomic mass is 79.9. The Morgan fingerprint density at radius 3 is 2.94 bits per heavy atom. The molecule has 0 amide bonds. The van der Waals surface area contributed by atoms with Crippen LogP contribution in [0.3, 0.4) is 0 Å². The minimum atomic E-state index is 0.0523. The first kappa shape index (κ1) is 12.1. The molecule has 1 heterocycles. The lowest BCUT2D eigenvalue weighted by Gasteiger charge is -2.24. The van der Waals surface area contributed by atoms with Crippen LogP contribution in [0.25, 0.3) is 0 Å². The third kappa shape index (κ3) is 2.17. The Kier molecular flexibility index (Phi) is 3.35. The Morgan fingerprint density at radius 1 is 1.33 bits per heavy atom. The lowest BCUT2D eigenvalue weighted by molar-refractivity contribution is 0.0951. The third-order valence-corrected chi connectivity index (χ3v) is 5.04. The van der Waals surface area contributed by atoms with E-state index in [2.05, 4.69) is 34.1 Å². The maximum absolute atomic E-state index is 12.6. The van der Waals surface area contributed by atoms with Crippen LogP contribution in [0.1, 0.15) is 40.2 Å². The molecule has 2 aromatic rings. The second kappa shape index (κ2) is 4.98. The summed E-state index contributed by atoms with van der Waals surface area (Å²) in [5.74, 6) is 0.320. The van der Waals surface area contributed by atoms with E-state index in [9.17, 15) is 4.79 Å². The molecule has 0 saturated carbocycles. The van der Waals surface area contributed by atoms with Crippen molar-refractivity contribution in [3.05, 3.63) is 56.2 Å². The predicted molar refractivity (Wildman–Crippen MR) is 78.5 cm³/mol. The van der Waals surface area contributed by atoms with Crippen LogP contribution in [0, 0.1) is 0 Å². The number of halogens is 1. The molecule has 0 spiro atoms. The molecule has 0 saturated heterocycles. The summed E-state index contributed by atoms with van der Waals surface area (Å²) in [6, 6.07) is 10.3. The number of hydrogen-bond acceptors (Lipinski definition) is 2. The third-order valence-electron chi connectivity index (χ3n) is 3.54. The summed E-state index contributed by atoms with van der Waals surface area (Å²) >= 11 is 5.00. The van der Waals surface area contributed by atoms with Crippen LogP contribution in [-0.2, 0) is 6.42 Å². The van der Waals surface area contributed by atoms with Gasteiger partial charge in [-0.25, -0.2) is 0 Å². The van der Waals surface area contributed by atoms with Crippen LogP contribution < -0.4 is 0 Å². The van der Waals surface area contributed by atoms with Gasteiger partial charge in [0.2, 0.25) is 0 Å². The summed E-state index contributed by atoms with van der Waals surface area (Å²) in [5, 5.41) is 1.95. The van der Waals surface area contributed by atoms with E-state index in [1.54, 1.807) is 11.3 Å². The van der Waals surface area contributed by atoms with Gasteiger partial charge in [-0.3, -0.25) is 4.79 Å². The summed E-state index contributed by atoms with van der Waals surface area (Å²) in [5.41, 5.74) is 3.42. The van der Waals surface area contributed by atoms with Crippen LogP contribution in [0.4, 0.5) is 0 Å². The van der Waals surface area contributed by atoms with Gasteiger partial charge in [-0.2, -0.15) is 0 Å². The Morgan fingerprint density at radius 2 is 2.17 bits per heavy atom. The van der Waals surface area contributed by atoms with Crippen LogP contribution in [0.15, 0.2) is 39.5 Å². The van der Waals surface area contributed by atoms with Crippen molar-refractivity contribution < 1.29 is 4.79 Å². The summed E-state index contributed by atoms with van der Waals surface area (Å²) in [4.78, 5) is 12.6. The van der Waals surface area contributed by atoms with E-state index in [0.29, 0.717) is 0 Å². The fraction of sp³-hybridized carbons (Fsp3) is 0.267. The summed E-state index contributed by atoms with van der Waals surface area (Å²) in [7, 11) is 0. The molecule has 1 aromatic heterocycles. The molecule has 0 N–H and O–H groups in total. The molecule has 18 heavy (non-hydrogen) atoms. The number of fused-ring (bicyclic) bond motifs is 1. The molecule has 1 aliphatic carbocycles. The zero-order valence-electron chi connectivity index (χ0n) is 9.86. The first-order valence-corrected chi connectivity index (χ1v) is 7.79. The zero-order chi connectivity index (χ0) is 12.5. The van der Waals surface area contributed by atoms with Crippen LogP contribution in [-0.4, -0.2) is 5.78 Å². The maximum atomic E-state index is 12.6. The van der Waals surface area contributed by atoms with E-state index < -0.39 is 0 Å². The highest BCUT2D eigenvalue weighted by molar-refractivity contribution is 9.11. The van der Waals surface area contributed by atoms with Crippen molar-refractivity contribution in [1.82, 2.24) is 0 Å². The number of carbonyl (C=O) groups is 1. The fourth-order valence-corrected chi connectivity index (χ4v) is 3.81. The van der Waals surface area contributed by atoms with Crippen molar-refractivity contribution in [2.24, 2.45) is 0 Å². The predicted octanol–water partition coefficient (Wildman–Crippen LogP) is 4.81. The second-order valence-corrected chi connectivity index (χ2v) is 6.94. The lowest BCUT2D eigenvalue weighted by atomic mass is 9.79. The number of thiophene rings is 1. The number of aryl methyl sites for hydroxylation is 1. The number of carbonyl (C=O) groups excluding carboxylic acids is 1. The van der Waals surface area contributed by atoms with Crippen LogP contribution >= 0.6 is 27.3 Å². The average Bonchev–Trinajstić information content (AvgIpc) is 2.84. The van der Waals surface area contributed by atoms with E-state index in [0.717, 1.165) is 28.6 Å². The van der Waals surface area contributed by atoms with Gasteiger partial charge in [0, 0.05) is 16.9 Å². The SMILES string of the molecule is O=C(c1csc(Br)c1)C1CCCc2ccccc21. The Labute approximate surface area is 119 Å². The standard InChI is InChI=1S/C15H13BrOS/c16-14-8-11(9-18-14)15(17)13-7-3-5-10-4-1-2-6-12(10)13/h1-2,4,6,8-9,13H,3,5,7H2. The van der Waals surface area contributed by atoms with E-state index in [-0.39, 0.29) is 11.7 Å². The zero-order valence-corrected chi connectivity index (χ0v) is 12.3. The van der Waals surface area contributed by atoms with E-state index in [1.807, 2.05) is 17.5 Å². The largest absolute Gasteiger partial charge is 0.293 e. The van der Waals surface area contributed by atoms with Crippen LogP contribution in [0.5, 0.6) is 0 Å². The molecular weight excluding hydrogens is 308 g/mol. The topological polar surface area (TPSA) is 17.1 Å². The van der Waals surface area contributed by atoms with Crippen molar-refractivity contribution in [3.8, 4) is 0 Å². The lowest BCUT2D eigenvalue weighted by Crippen LogP contribution is -2.18. The van der Waals surface area contributed by atoms with Gasteiger partial charge in [-0.05, 0) is 52.4 Å².